The number of benzene rings is 1. The van der Waals surface area contributed by atoms with Gasteiger partial charge < -0.3 is 10.5 Å². The molecule has 0 aliphatic carbocycles. The highest BCUT2D eigenvalue weighted by atomic mass is 32.2. The minimum atomic E-state index is 0.0870. The van der Waals surface area contributed by atoms with Gasteiger partial charge in [-0.15, -0.1) is 0 Å². The van der Waals surface area contributed by atoms with Crippen LogP contribution in [0.3, 0.4) is 0 Å². The first-order chi connectivity index (χ1) is 8.60. The van der Waals surface area contributed by atoms with Gasteiger partial charge in [0.1, 0.15) is 5.75 Å². The monoisotopic (exact) mass is 268 g/mol. The smallest absolute Gasteiger partial charge is 0.119 e. The maximum Gasteiger partial charge on any atom is 0.119 e. The Morgan fingerprint density at radius 2 is 2.17 bits per heavy atom. The number of likely N-dealkylation sites (N-methyl/N-ethyl adjacent to an activating group) is 1. The zero-order valence-corrected chi connectivity index (χ0v) is 12.5. The summed E-state index contributed by atoms with van der Waals surface area (Å²) < 4.78 is 5.28. The summed E-state index contributed by atoms with van der Waals surface area (Å²) in [5.74, 6) is 2.00. The summed E-state index contributed by atoms with van der Waals surface area (Å²) in [5.41, 5.74) is 7.36. The average Bonchev–Trinajstić information content (AvgIpc) is 2.36. The van der Waals surface area contributed by atoms with E-state index in [9.17, 15) is 0 Å². The van der Waals surface area contributed by atoms with Gasteiger partial charge in [-0.05, 0) is 37.9 Å². The third-order valence-corrected chi connectivity index (χ3v) is 3.65. The molecule has 0 radical (unpaired) electrons. The lowest BCUT2D eigenvalue weighted by molar-refractivity contribution is 0.231. The van der Waals surface area contributed by atoms with Crippen LogP contribution >= 0.6 is 11.8 Å². The summed E-state index contributed by atoms with van der Waals surface area (Å²) in [6, 6.07) is 8.49. The zero-order valence-electron chi connectivity index (χ0n) is 11.7. The highest BCUT2D eigenvalue weighted by Gasteiger charge is 2.21. The molecule has 0 aliphatic rings. The van der Waals surface area contributed by atoms with Crippen LogP contribution in [0.5, 0.6) is 5.75 Å². The number of nitrogens with two attached hydrogens (primary N) is 1. The van der Waals surface area contributed by atoms with Gasteiger partial charge in [-0.3, -0.25) is 4.90 Å². The van der Waals surface area contributed by atoms with E-state index >= 15 is 0 Å². The second-order valence-corrected chi connectivity index (χ2v) is 5.54. The minimum absolute atomic E-state index is 0.0870. The van der Waals surface area contributed by atoms with Crippen LogP contribution in [0.4, 0.5) is 0 Å². The van der Waals surface area contributed by atoms with Gasteiger partial charge in [0.2, 0.25) is 0 Å². The number of nitrogens with zero attached hydrogens (tertiary/aromatic N) is 1. The van der Waals surface area contributed by atoms with Crippen molar-refractivity contribution >= 4 is 11.8 Å². The van der Waals surface area contributed by atoms with Crippen molar-refractivity contribution in [1.29, 1.82) is 0 Å². The Balaban J connectivity index is 2.89. The van der Waals surface area contributed by atoms with Crippen LogP contribution in [0.2, 0.25) is 0 Å². The van der Waals surface area contributed by atoms with E-state index in [0.717, 1.165) is 18.0 Å². The quantitative estimate of drug-likeness (QED) is 0.824. The summed E-state index contributed by atoms with van der Waals surface area (Å²) in [6.45, 7) is 3.09. The van der Waals surface area contributed by atoms with Crippen molar-refractivity contribution in [2.75, 3.05) is 32.7 Å². The Bertz CT molecular complexity index is 357. The Hall–Kier alpha value is -0.710. The molecule has 0 spiro atoms. The molecule has 2 N–H and O–H groups in total. The van der Waals surface area contributed by atoms with E-state index < -0.39 is 0 Å². The van der Waals surface area contributed by atoms with Crippen LogP contribution < -0.4 is 10.5 Å². The number of hydrogen-bond acceptors (Lipinski definition) is 4. The number of thioether (sulfide) groups is 1. The van der Waals surface area contributed by atoms with E-state index in [1.54, 1.807) is 7.11 Å². The molecule has 18 heavy (non-hydrogen) atoms. The molecule has 0 aromatic heterocycles. The van der Waals surface area contributed by atoms with E-state index in [1.807, 2.05) is 23.9 Å². The van der Waals surface area contributed by atoms with Gasteiger partial charge in [0.25, 0.3) is 0 Å². The van der Waals surface area contributed by atoms with Crippen molar-refractivity contribution < 1.29 is 4.74 Å². The molecule has 3 nitrogen and oxygen atoms in total. The van der Waals surface area contributed by atoms with Crippen molar-refractivity contribution in [2.45, 2.75) is 19.0 Å². The highest BCUT2D eigenvalue weighted by molar-refractivity contribution is 7.98. The lowest BCUT2D eigenvalue weighted by Gasteiger charge is -2.31. The molecule has 1 rings (SSSR count). The Labute approximate surface area is 115 Å². The van der Waals surface area contributed by atoms with Gasteiger partial charge in [-0.25, -0.2) is 0 Å². The van der Waals surface area contributed by atoms with Gasteiger partial charge in [-0.1, -0.05) is 12.1 Å². The molecular weight excluding hydrogens is 244 g/mol. The summed E-state index contributed by atoms with van der Waals surface area (Å²) in [7, 11) is 3.82. The Morgan fingerprint density at radius 1 is 1.44 bits per heavy atom. The van der Waals surface area contributed by atoms with Gasteiger partial charge >= 0.3 is 0 Å². The molecule has 2 unspecified atom stereocenters. The minimum Gasteiger partial charge on any atom is -0.497 e. The number of methoxy groups -OCH3 is 1. The van der Waals surface area contributed by atoms with Crippen molar-refractivity contribution in [2.24, 2.45) is 5.73 Å². The largest absolute Gasteiger partial charge is 0.497 e. The van der Waals surface area contributed by atoms with E-state index in [-0.39, 0.29) is 12.1 Å². The van der Waals surface area contributed by atoms with Gasteiger partial charge in [0, 0.05) is 24.4 Å². The van der Waals surface area contributed by atoms with Crippen LogP contribution in [0.1, 0.15) is 18.5 Å². The number of ether oxygens (including phenoxy) is 1. The van der Waals surface area contributed by atoms with E-state index in [0.29, 0.717) is 0 Å². The van der Waals surface area contributed by atoms with Crippen LogP contribution in [0, 0.1) is 0 Å². The molecule has 0 amide bonds. The molecular formula is C14H24N2OS. The fourth-order valence-corrected chi connectivity index (χ4v) is 2.63. The average molecular weight is 268 g/mol. The topological polar surface area (TPSA) is 38.5 Å². The zero-order chi connectivity index (χ0) is 13.5. The number of rotatable bonds is 7. The summed E-state index contributed by atoms with van der Waals surface area (Å²) in [6.07, 6.45) is 2.13. The number of hydrogen-bond donors (Lipinski definition) is 1. The summed E-state index contributed by atoms with van der Waals surface area (Å²) >= 11 is 1.85. The predicted octanol–water partition coefficient (Wildman–Crippen LogP) is 2.38. The van der Waals surface area contributed by atoms with E-state index in [4.69, 9.17) is 10.5 Å². The molecule has 4 heteroatoms. The molecule has 0 saturated carbocycles. The van der Waals surface area contributed by atoms with Crippen LogP contribution in [-0.4, -0.2) is 43.7 Å². The first-order valence-corrected chi connectivity index (χ1v) is 7.58. The highest BCUT2D eigenvalue weighted by Crippen LogP contribution is 2.25. The van der Waals surface area contributed by atoms with Crippen molar-refractivity contribution in [1.82, 2.24) is 4.90 Å². The SMILES string of the molecule is COc1cccc(C(C(C)N)N(C)CCSC)c1. The molecule has 0 heterocycles. The van der Waals surface area contributed by atoms with Gasteiger partial charge in [0.05, 0.1) is 7.11 Å². The molecule has 1 aromatic rings. The van der Waals surface area contributed by atoms with Crippen molar-refractivity contribution in [3.8, 4) is 5.75 Å². The first kappa shape index (κ1) is 15.3. The lowest BCUT2D eigenvalue weighted by atomic mass is 9.99. The molecule has 1 aromatic carbocycles. The second kappa shape index (κ2) is 7.67. The third kappa shape index (κ3) is 4.19. The second-order valence-electron chi connectivity index (χ2n) is 4.55. The van der Waals surface area contributed by atoms with E-state index in [2.05, 4.69) is 37.3 Å². The Kier molecular flexibility index (Phi) is 6.54. The lowest BCUT2D eigenvalue weighted by Crippen LogP contribution is -2.38. The molecule has 0 aliphatic heterocycles. The fourth-order valence-electron chi connectivity index (χ4n) is 2.16. The molecule has 0 bridgehead atoms. The van der Waals surface area contributed by atoms with Gasteiger partial charge in [-0.2, -0.15) is 11.8 Å². The van der Waals surface area contributed by atoms with Crippen molar-refractivity contribution in [3.63, 3.8) is 0 Å². The molecule has 2 atom stereocenters. The molecule has 102 valence electrons. The maximum atomic E-state index is 6.14. The van der Waals surface area contributed by atoms with Crippen LogP contribution in [0.15, 0.2) is 24.3 Å². The van der Waals surface area contributed by atoms with Crippen LogP contribution in [0.25, 0.3) is 0 Å². The maximum absolute atomic E-state index is 6.14. The standard InChI is InChI=1S/C14H24N2OS/c1-11(15)14(16(2)8-9-18-4)12-6-5-7-13(10-12)17-3/h5-7,10-11,14H,8-9,15H2,1-4H3. The normalized spacial score (nSPS) is 14.6. The fraction of sp³-hybridized carbons (Fsp3) is 0.571. The van der Waals surface area contributed by atoms with E-state index in [1.165, 1.54) is 5.56 Å². The molecule has 0 fully saturated rings. The third-order valence-electron chi connectivity index (χ3n) is 3.06. The van der Waals surface area contributed by atoms with Gasteiger partial charge in [0.15, 0.2) is 0 Å². The molecule has 0 saturated heterocycles. The van der Waals surface area contributed by atoms with Crippen molar-refractivity contribution in [3.05, 3.63) is 29.8 Å². The predicted molar refractivity (Wildman–Crippen MR) is 80.4 cm³/mol. The Morgan fingerprint density at radius 3 is 2.72 bits per heavy atom. The summed E-state index contributed by atoms with van der Waals surface area (Å²) in [4.78, 5) is 2.32. The summed E-state index contributed by atoms with van der Waals surface area (Å²) in [5, 5.41) is 0. The van der Waals surface area contributed by atoms with Crippen LogP contribution in [-0.2, 0) is 0 Å². The first-order valence-electron chi connectivity index (χ1n) is 6.18.